The molecule has 17 heavy (non-hydrogen) atoms. The molecule has 1 aromatic heterocycles. The molecule has 0 fully saturated rings. The molecule has 2 rings (SSSR count). The van der Waals surface area contributed by atoms with E-state index >= 15 is 0 Å². The predicted octanol–water partition coefficient (Wildman–Crippen LogP) is 1.37. The van der Waals surface area contributed by atoms with E-state index < -0.39 is 5.91 Å². The number of benzene rings is 1. The summed E-state index contributed by atoms with van der Waals surface area (Å²) in [5, 5.41) is 11.5. The SMILES string of the molecule is O=C(c1cnccc1[O-])[N+](=S)c1ccccc1. The lowest BCUT2D eigenvalue weighted by Crippen LogP contribution is -2.15. The molecule has 1 heterocycles. The van der Waals surface area contributed by atoms with E-state index in [9.17, 15) is 9.90 Å². The third-order valence-corrected chi connectivity index (χ3v) is 2.56. The van der Waals surface area contributed by atoms with E-state index in [-0.39, 0.29) is 11.3 Å². The molecule has 0 N–H and O–H groups in total. The van der Waals surface area contributed by atoms with Crippen LogP contribution >= 0.6 is 0 Å². The standard InChI is InChI=1S/C12H8N2O2S/c15-11-6-7-13-8-10(11)12(16)14(17)9-4-2-1-3-5-9/h1-8H. The molecule has 0 saturated heterocycles. The van der Waals surface area contributed by atoms with Gasteiger partial charge in [0, 0.05) is 24.5 Å². The second kappa shape index (κ2) is 4.80. The summed E-state index contributed by atoms with van der Waals surface area (Å²) in [5.41, 5.74) is 0.530. The molecule has 0 aliphatic rings. The minimum Gasteiger partial charge on any atom is -0.872 e. The number of rotatable bonds is 2. The Morgan fingerprint density at radius 2 is 1.94 bits per heavy atom. The molecular weight excluding hydrogens is 236 g/mol. The number of pyridine rings is 1. The molecule has 1 amide bonds. The average Bonchev–Trinajstić information content (AvgIpc) is 2.39. The fourth-order valence-electron chi connectivity index (χ4n) is 1.33. The van der Waals surface area contributed by atoms with E-state index in [0.29, 0.717) is 5.69 Å². The highest BCUT2D eigenvalue weighted by Crippen LogP contribution is 2.17. The quantitative estimate of drug-likeness (QED) is 0.749. The number of aromatic nitrogens is 1. The maximum atomic E-state index is 11.9. The van der Waals surface area contributed by atoms with Crippen LogP contribution in [0, 0.1) is 0 Å². The van der Waals surface area contributed by atoms with E-state index in [4.69, 9.17) is 12.4 Å². The zero-order valence-electron chi connectivity index (χ0n) is 8.74. The molecule has 0 bridgehead atoms. The predicted molar refractivity (Wildman–Crippen MR) is 61.7 cm³/mol. The molecule has 0 radical (unpaired) electrons. The first kappa shape index (κ1) is 11.3. The van der Waals surface area contributed by atoms with E-state index in [1.165, 1.54) is 18.5 Å². The second-order valence-electron chi connectivity index (χ2n) is 3.31. The third-order valence-electron chi connectivity index (χ3n) is 2.19. The molecule has 0 spiro atoms. The van der Waals surface area contributed by atoms with Gasteiger partial charge in [-0.2, -0.15) is 0 Å². The van der Waals surface area contributed by atoms with E-state index in [2.05, 4.69) is 4.98 Å². The van der Waals surface area contributed by atoms with Crippen LogP contribution in [0.2, 0.25) is 0 Å². The van der Waals surface area contributed by atoms with Crippen LogP contribution in [-0.2, 0) is 12.4 Å². The van der Waals surface area contributed by atoms with Crippen LogP contribution in [0.4, 0.5) is 5.69 Å². The Labute approximate surface area is 103 Å². The number of amides is 1. The van der Waals surface area contributed by atoms with Crippen molar-refractivity contribution in [1.29, 1.82) is 0 Å². The molecule has 5 heteroatoms. The highest BCUT2D eigenvalue weighted by Gasteiger charge is 2.23. The van der Waals surface area contributed by atoms with Gasteiger partial charge in [-0.25, -0.2) is 4.79 Å². The zero-order chi connectivity index (χ0) is 12.3. The number of carbonyl (C=O) groups is 1. The lowest BCUT2D eigenvalue weighted by atomic mass is 10.2. The third kappa shape index (κ3) is 2.34. The lowest BCUT2D eigenvalue weighted by molar-refractivity contribution is -0.305. The summed E-state index contributed by atoms with van der Waals surface area (Å²) in [4.78, 5) is 15.7. The van der Waals surface area contributed by atoms with Crippen molar-refractivity contribution in [2.45, 2.75) is 0 Å². The summed E-state index contributed by atoms with van der Waals surface area (Å²) in [6.45, 7) is 0. The maximum Gasteiger partial charge on any atom is 0.440 e. The first-order chi connectivity index (χ1) is 8.20. The highest BCUT2D eigenvalue weighted by atomic mass is 32.1. The van der Waals surface area contributed by atoms with Gasteiger partial charge in [0.15, 0.2) is 0 Å². The van der Waals surface area contributed by atoms with Crippen molar-refractivity contribution in [2.24, 2.45) is 0 Å². The summed E-state index contributed by atoms with van der Waals surface area (Å²) in [7, 11) is 0. The van der Waals surface area contributed by atoms with Crippen LogP contribution in [0.25, 0.3) is 0 Å². The maximum absolute atomic E-state index is 11.9. The highest BCUT2D eigenvalue weighted by molar-refractivity contribution is 7.44. The zero-order valence-corrected chi connectivity index (χ0v) is 9.55. The van der Waals surface area contributed by atoms with Crippen LogP contribution in [0.3, 0.4) is 0 Å². The lowest BCUT2D eigenvalue weighted by Gasteiger charge is -2.06. The molecule has 0 unspecified atom stereocenters. The number of hydrogen-bond acceptors (Lipinski definition) is 4. The summed E-state index contributed by atoms with van der Waals surface area (Å²) < 4.78 is 1.01. The fraction of sp³-hybridized carbons (Fsp3) is 0. The van der Waals surface area contributed by atoms with Gasteiger partial charge in [0.2, 0.25) is 5.69 Å². The first-order valence-electron chi connectivity index (χ1n) is 4.88. The van der Waals surface area contributed by atoms with Gasteiger partial charge in [-0.1, -0.05) is 30.0 Å². The molecule has 0 aliphatic heterocycles. The first-order valence-corrected chi connectivity index (χ1v) is 5.24. The number of carbonyl (C=O) groups excluding carboxylic acids is 1. The monoisotopic (exact) mass is 244 g/mol. The van der Waals surface area contributed by atoms with Crippen LogP contribution in [0.1, 0.15) is 10.4 Å². The van der Waals surface area contributed by atoms with Crippen molar-refractivity contribution < 1.29 is 13.8 Å². The number of para-hydroxylation sites is 1. The van der Waals surface area contributed by atoms with Crippen molar-refractivity contribution in [3.63, 3.8) is 0 Å². The van der Waals surface area contributed by atoms with Crippen molar-refractivity contribution in [3.05, 3.63) is 54.4 Å². The van der Waals surface area contributed by atoms with Crippen LogP contribution in [0.15, 0.2) is 48.8 Å². The number of hydrogen-bond donors (Lipinski definition) is 0. The van der Waals surface area contributed by atoms with Crippen molar-refractivity contribution in [2.75, 3.05) is 0 Å². The van der Waals surface area contributed by atoms with Crippen molar-refractivity contribution in [1.82, 2.24) is 4.98 Å². The normalized spacial score (nSPS) is 9.88. The van der Waals surface area contributed by atoms with Gasteiger partial charge in [0.05, 0.1) is 0 Å². The van der Waals surface area contributed by atoms with E-state index in [1.54, 1.807) is 24.3 Å². The van der Waals surface area contributed by atoms with Gasteiger partial charge >= 0.3 is 5.91 Å². The number of nitrogens with zero attached hydrogens (tertiary/aromatic N) is 2. The molecule has 4 nitrogen and oxygen atoms in total. The Morgan fingerprint density at radius 1 is 1.24 bits per heavy atom. The molecule has 84 valence electrons. The molecule has 0 saturated carbocycles. The summed E-state index contributed by atoms with van der Waals surface area (Å²) in [5.74, 6) is -0.917. The molecule has 1 aromatic carbocycles. The smallest absolute Gasteiger partial charge is 0.440 e. The van der Waals surface area contributed by atoms with Gasteiger partial charge < -0.3 is 5.11 Å². The van der Waals surface area contributed by atoms with Gasteiger partial charge in [0.25, 0.3) is 12.4 Å². The van der Waals surface area contributed by atoms with Crippen LogP contribution in [-0.4, -0.2) is 14.8 Å². The van der Waals surface area contributed by atoms with Crippen molar-refractivity contribution >= 4 is 24.0 Å². The summed E-state index contributed by atoms with van der Waals surface area (Å²) in [6, 6.07) is 9.99. The molecule has 0 atom stereocenters. The molecule has 2 aromatic rings. The van der Waals surface area contributed by atoms with E-state index in [1.807, 2.05) is 6.07 Å². The summed E-state index contributed by atoms with van der Waals surface area (Å²) in [6.07, 6.45) is 2.57. The fourth-order valence-corrected chi connectivity index (χ4v) is 1.55. The molecular formula is C12H8N2O2S. The Balaban J connectivity index is 2.34. The van der Waals surface area contributed by atoms with Crippen LogP contribution in [0.5, 0.6) is 5.75 Å². The minimum atomic E-state index is -0.538. The van der Waals surface area contributed by atoms with Crippen LogP contribution < -0.4 is 5.11 Å². The van der Waals surface area contributed by atoms with Gasteiger partial charge in [-0.15, -0.1) is 0 Å². The summed E-state index contributed by atoms with van der Waals surface area (Å²) >= 11 is 4.99. The Hall–Kier alpha value is -2.14. The minimum absolute atomic E-state index is 0.0219. The molecule has 0 aliphatic carbocycles. The average molecular weight is 244 g/mol. The largest absolute Gasteiger partial charge is 0.872 e. The van der Waals surface area contributed by atoms with Gasteiger partial charge in [-0.05, 0) is 3.95 Å². The van der Waals surface area contributed by atoms with E-state index in [0.717, 1.165) is 3.95 Å². The Morgan fingerprint density at radius 3 is 2.59 bits per heavy atom. The van der Waals surface area contributed by atoms with Gasteiger partial charge in [0.1, 0.15) is 5.56 Å². The van der Waals surface area contributed by atoms with Crippen molar-refractivity contribution in [3.8, 4) is 5.75 Å². The Bertz CT molecular complexity index is 570. The second-order valence-corrected chi connectivity index (χ2v) is 3.67. The topological polar surface area (TPSA) is 56.0 Å². The van der Waals surface area contributed by atoms with Gasteiger partial charge in [-0.3, -0.25) is 4.98 Å². The Kier molecular flexibility index (Phi) is 3.20.